The quantitative estimate of drug-likeness (QED) is 0.848. The molecule has 0 spiro atoms. The maximum Gasteiger partial charge on any atom is 0.416 e. The molecule has 1 aromatic carbocycles. The Morgan fingerprint density at radius 3 is 2.41 bits per heavy atom. The summed E-state index contributed by atoms with van der Waals surface area (Å²) in [4.78, 5) is 17.5. The standard InChI is InChI=1S/C16H14F2N2O2/c1-16(2)9-20(15(21)22-16)14-6-4-11(8-19-14)10-3-5-12(17)13(18)7-10/h3-8H,9H2,1-2H3. The minimum absolute atomic E-state index is 0.406. The number of cyclic esters (lactones) is 1. The summed E-state index contributed by atoms with van der Waals surface area (Å²) in [6, 6.07) is 7.01. The van der Waals surface area contributed by atoms with Crippen molar-refractivity contribution in [2.45, 2.75) is 19.4 Å². The van der Waals surface area contributed by atoms with E-state index in [1.54, 1.807) is 12.1 Å². The zero-order chi connectivity index (χ0) is 15.9. The number of amides is 1. The fourth-order valence-electron chi connectivity index (χ4n) is 2.34. The van der Waals surface area contributed by atoms with Gasteiger partial charge in [0.05, 0.1) is 6.54 Å². The molecule has 0 bridgehead atoms. The van der Waals surface area contributed by atoms with Crippen LogP contribution in [0.5, 0.6) is 0 Å². The first kappa shape index (κ1) is 14.4. The number of anilines is 1. The highest BCUT2D eigenvalue weighted by Gasteiger charge is 2.38. The molecule has 1 amide bonds. The molecule has 22 heavy (non-hydrogen) atoms. The Morgan fingerprint density at radius 2 is 1.86 bits per heavy atom. The van der Waals surface area contributed by atoms with Crippen molar-refractivity contribution in [1.29, 1.82) is 0 Å². The van der Waals surface area contributed by atoms with E-state index >= 15 is 0 Å². The van der Waals surface area contributed by atoms with E-state index in [2.05, 4.69) is 4.98 Å². The van der Waals surface area contributed by atoms with Gasteiger partial charge in [-0.2, -0.15) is 0 Å². The molecule has 3 rings (SSSR count). The molecule has 4 nitrogen and oxygen atoms in total. The lowest BCUT2D eigenvalue weighted by molar-refractivity contribution is 0.0871. The third-order valence-electron chi connectivity index (χ3n) is 3.40. The number of pyridine rings is 1. The van der Waals surface area contributed by atoms with E-state index in [1.165, 1.54) is 17.2 Å². The Hall–Kier alpha value is -2.50. The minimum atomic E-state index is -0.911. The fourth-order valence-corrected chi connectivity index (χ4v) is 2.34. The highest BCUT2D eigenvalue weighted by molar-refractivity contribution is 5.89. The molecule has 0 radical (unpaired) electrons. The van der Waals surface area contributed by atoms with Gasteiger partial charge >= 0.3 is 6.09 Å². The molecule has 0 unspecified atom stereocenters. The summed E-state index contributed by atoms with van der Waals surface area (Å²) in [5, 5.41) is 0. The van der Waals surface area contributed by atoms with Crippen LogP contribution in [0.2, 0.25) is 0 Å². The topological polar surface area (TPSA) is 42.4 Å². The smallest absolute Gasteiger partial charge is 0.416 e. The van der Waals surface area contributed by atoms with Crippen LogP contribution in [0.1, 0.15) is 13.8 Å². The molecular weight excluding hydrogens is 290 g/mol. The van der Waals surface area contributed by atoms with E-state index in [0.717, 1.165) is 12.1 Å². The number of aromatic nitrogens is 1. The van der Waals surface area contributed by atoms with Crippen LogP contribution in [-0.4, -0.2) is 23.2 Å². The number of nitrogens with zero attached hydrogens (tertiary/aromatic N) is 2. The lowest BCUT2D eigenvalue weighted by atomic mass is 10.1. The SMILES string of the molecule is CC1(C)CN(c2ccc(-c3ccc(F)c(F)c3)cn2)C(=O)O1. The zero-order valence-electron chi connectivity index (χ0n) is 12.1. The lowest BCUT2D eigenvalue weighted by Gasteiger charge is -2.15. The van der Waals surface area contributed by atoms with Gasteiger partial charge in [-0.25, -0.2) is 18.6 Å². The average molecular weight is 304 g/mol. The van der Waals surface area contributed by atoms with Crippen LogP contribution in [0.4, 0.5) is 19.4 Å². The summed E-state index contributed by atoms with van der Waals surface area (Å²) in [7, 11) is 0. The van der Waals surface area contributed by atoms with Gasteiger partial charge in [-0.3, -0.25) is 4.90 Å². The number of ether oxygens (including phenoxy) is 1. The molecule has 1 aliphatic heterocycles. The first-order valence-corrected chi connectivity index (χ1v) is 6.78. The van der Waals surface area contributed by atoms with Crippen molar-refractivity contribution >= 4 is 11.9 Å². The molecule has 1 fully saturated rings. The predicted octanol–water partition coefficient (Wildman–Crippen LogP) is 3.76. The number of halogens is 2. The first-order valence-electron chi connectivity index (χ1n) is 6.78. The highest BCUT2D eigenvalue weighted by Crippen LogP contribution is 2.28. The maximum atomic E-state index is 13.3. The van der Waals surface area contributed by atoms with Crippen molar-refractivity contribution < 1.29 is 18.3 Å². The summed E-state index contributed by atoms with van der Waals surface area (Å²) in [6.07, 6.45) is 1.07. The van der Waals surface area contributed by atoms with E-state index < -0.39 is 23.3 Å². The molecule has 0 atom stereocenters. The van der Waals surface area contributed by atoms with Crippen LogP contribution in [0.25, 0.3) is 11.1 Å². The Kier molecular flexibility index (Phi) is 3.31. The van der Waals surface area contributed by atoms with Crippen molar-refractivity contribution in [1.82, 2.24) is 4.98 Å². The third-order valence-corrected chi connectivity index (χ3v) is 3.40. The van der Waals surface area contributed by atoms with Crippen molar-refractivity contribution in [3.05, 3.63) is 48.2 Å². The third kappa shape index (κ3) is 2.64. The predicted molar refractivity (Wildman–Crippen MR) is 77.5 cm³/mol. The summed E-state index contributed by atoms with van der Waals surface area (Å²) in [6.45, 7) is 4.05. The Labute approximate surface area is 126 Å². The number of carbonyl (C=O) groups excluding carboxylic acids is 1. The molecule has 2 heterocycles. The van der Waals surface area contributed by atoms with Crippen molar-refractivity contribution in [2.24, 2.45) is 0 Å². The second-order valence-corrected chi connectivity index (χ2v) is 5.75. The summed E-state index contributed by atoms with van der Waals surface area (Å²) < 4.78 is 31.4. The van der Waals surface area contributed by atoms with Gasteiger partial charge in [0.25, 0.3) is 0 Å². The highest BCUT2D eigenvalue weighted by atomic mass is 19.2. The summed E-state index contributed by atoms with van der Waals surface area (Å²) >= 11 is 0. The van der Waals surface area contributed by atoms with E-state index in [9.17, 15) is 13.6 Å². The molecule has 6 heteroatoms. The zero-order valence-corrected chi connectivity index (χ0v) is 12.1. The van der Waals surface area contributed by atoms with Gasteiger partial charge in [-0.1, -0.05) is 6.07 Å². The van der Waals surface area contributed by atoms with Crippen molar-refractivity contribution in [3.63, 3.8) is 0 Å². The van der Waals surface area contributed by atoms with Gasteiger partial charge < -0.3 is 4.74 Å². The molecule has 0 N–H and O–H groups in total. The van der Waals surface area contributed by atoms with Gasteiger partial charge in [0.2, 0.25) is 0 Å². The van der Waals surface area contributed by atoms with Gasteiger partial charge in [-0.05, 0) is 43.7 Å². The largest absolute Gasteiger partial charge is 0.441 e. The molecule has 1 aromatic heterocycles. The van der Waals surface area contributed by atoms with Crippen LogP contribution in [0.15, 0.2) is 36.5 Å². The van der Waals surface area contributed by atoms with Gasteiger partial charge in [-0.15, -0.1) is 0 Å². The number of carbonyl (C=O) groups is 1. The van der Waals surface area contributed by atoms with Gasteiger partial charge in [0, 0.05) is 11.8 Å². The second kappa shape index (κ2) is 5.05. The van der Waals surface area contributed by atoms with Gasteiger partial charge in [0.1, 0.15) is 11.4 Å². The number of hydrogen-bond acceptors (Lipinski definition) is 3. The molecule has 2 aromatic rings. The maximum absolute atomic E-state index is 13.3. The number of rotatable bonds is 2. The summed E-state index contributed by atoms with van der Waals surface area (Å²) in [5.74, 6) is -1.34. The normalized spacial score (nSPS) is 16.7. The Morgan fingerprint density at radius 1 is 1.14 bits per heavy atom. The second-order valence-electron chi connectivity index (χ2n) is 5.75. The van der Waals surface area contributed by atoms with Crippen LogP contribution < -0.4 is 4.90 Å². The van der Waals surface area contributed by atoms with Crippen LogP contribution in [0.3, 0.4) is 0 Å². The number of benzene rings is 1. The van der Waals surface area contributed by atoms with E-state index in [1.807, 2.05) is 13.8 Å². The van der Waals surface area contributed by atoms with Crippen LogP contribution >= 0.6 is 0 Å². The van der Waals surface area contributed by atoms with Crippen molar-refractivity contribution in [2.75, 3.05) is 11.4 Å². The van der Waals surface area contributed by atoms with E-state index in [-0.39, 0.29) is 0 Å². The van der Waals surface area contributed by atoms with Crippen molar-refractivity contribution in [3.8, 4) is 11.1 Å². The first-order chi connectivity index (χ1) is 10.4. The molecule has 0 saturated carbocycles. The van der Waals surface area contributed by atoms with E-state index in [0.29, 0.717) is 23.5 Å². The Balaban J connectivity index is 1.87. The molecular formula is C16H14F2N2O2. The molecule has 1 saturated heterocycles. The fraction of sp³-hybridized carbons (Fsp3) is 0.250. The summed E-state index contributed by atoms with van der Waals surface area (Å²) in [5.41, 5.74) is 0.592. The monoisotopic (exact) mass is 304 g/mol. The molecule has 0 aliphatic carbocycles. The molecule has 114 valence electrons. The average Bonchev–Trinajstić information content (AvgIpc) is 2.75. The lowest BCUT2D eigenvalue weighted by Crippen LogP contribution is -2.28. The minimum Gasteiger partial charge on any atom is -0.441 e. The van der Waals surface area contributed by atoms with Gasteiger partial charge in [0.15, 0.2) is 11.6 Å². The van der Waals surface area contributed by atoms with Crippen LogP contribution in [0, 0.1) is 11.6 Å². The number of hydrogen-bond donors (Lipinski definition) is 0. The van der Waals surface area contributed by atoms with E-state index in [4.69, 9.17) is 4.74 Å². The molecule has 1 aliphatic rings. The Bertz CT molecular complexity index is 729. The van der Waals surface area contributed by atoms with Crippen LogP contribution in [-0.2, 0) is 4.74 Å².